The molecule has 1 rings (SSSR count). The summed E-state index contributed by atoms with van der Waals surface area (Å²) in [5.74, 6) is -0.125. The molecule has 19 heavy (non-hydrogen) atoms. The van der Waals surface area contributed by atoms with Gasteiger partial charge in [-0.25, -0.2) is 8.78 Å². The Bertz CT molecular complexity index is 449. The molecule has 1 heterocycles. The summed E-state index contributed by atoms with van der Waals surface area (Å²) in [5.41, 5.74) is 5.99. The van der Waals surface area contributed by atoms with Gasteiger partial charge in [0.2, 0.25) is 0 Å². The van der Waals surface area contributed by atoms with Gasteiger partial charge in [0.05, 0.1) is 12.6 Å². The van der Waals surface area contributed by atoms with E-state index in [9.17, 15) is 13.6 Å². The third-order valence-corrected chi connectivity index (χ3v) is 3.25. The largest absolute Gasteiger partial charge is 0.486 e. The number of ether oxygens (including phenoxy) is 1. The van der Waals surface area contributed by atoms with Gasteiger partial charge in [0, 0.05) is 7.05 Å². The zero-order chi connectivity index (χ0) is 14.6. The van der Waals surface area contributed by atoms with Crippen LogP contribution in [-0.2, 0) is 0 Å². The third-order valence-electron chi connectivity index (χ3n) is 2.10. The van der Waals surface area contributed by atoms with Gasteiger partial charge < -0.3 is 21.1 Å². The van der Waals surface area contributed by atoms with Crippen LogP contribution in [0.25, 0.3) is 0 Å². The average Bonchev–Trinajstić information content (AvgIpc) is 2.63. The number of nitrogens with one attached hydrogen (secondary N) is 2. The number of hydrogen-bond donors (Lipinski definition) is 3. The van der Waals surface area contributed by atoms with Crippen LogP contribution in [0.1, 0.15) is 23.5 Å². The second kappa shape index (κ2) is 6.55. The van der Waals surface area contributed by atoms with Gasteiger partial charge in [-0.05, 0) is 13.8 Å². The fourth-order valence-corrected chi connectivity index (χ4v) is 2.36. The number of nitrogen functional groups attached to an aromatic ring is 1. The smallest absolute Gasteiger partial charge is 0.263 e. The van der Waals surface area contributed by atoms with Gasteiger partial charge in [-0.1, -0.05) is 0 Å². The predicted molar refractivity (Wildman–Crippen MR) is 72.4 cm³/mol. The lowest BCUT2D eigenvalue weighted by atomic mass is 10.3. The maximum absolute atomic E-state index is 12.2. The monoisotopic (exact) mass is 293 g/mol. The Balaban J connectivity index is 3.08. The molecule has 5 nitrogen and oxygen atoms in total. The second-order valence-electron chi connectivity index (χ2n) is 4.02. The molecular formula is C11H17F2N3O2S. The Morgan fingerprint density at radius 1 is 1.47 bits per heavy atom. The molecule has 0 aromatic carbocycles. The van der Waals surface area contributed by atoms with Gasteiger partial charge >= 0.3 is 0 Å². The molecule has 0 fully saturated rings. The molecule has 1 aromatic rings. The number of carbonyl (C=O) groups excluding carboxylic acids is 1. The molecule has 8 heteroatoms. The van der Waals surface area contributed by atoms with E-state index in [1.807, 2.05) is 0 Å². The van der Waals surface area contributed by atoms with E-state index in [4.69, 9.17) is 10.5 Å². The maximum atomic E-state index is 12.2. The summed E-state index contributed by atoms with van der Waals surface area (Å²) in [6.07, 6.45) is -2.68. The first-order valence-electron chi connectivity index (χ1n) is 5.69. The van der Waals surface area contributed by atoms with Gasteiger partial charge in [0.15, 0.2) is 5.75 Å². The molecule has 0 aliphatic carbocycles. The van der Waals surface area contributed by atoms with Crippen LogP contribution >= 0.6 is 11.3 Å². The third kappa shape index (κ3) is 3.95. The van der Waals surface area contributed by atoms with Crippen LogP contribution in [0.3, 0.4) is 0 Å². The van der Waals surface area contributed by atoms with Crippen LogP contribution in [0, 0.1) is 0 Å². The van der Waals surface area contributed by atoms with Crippen LogP contribution in [-0.4, -0.2) is 32.0 Å². The fourth-order valence-electron chi connectivity index (χ4n) is 1.35. The van der Waals surface area contributed by atoms with Gasteiger partial charge in [-0.15, -0.1) is 11.3 Å². The van der Waals surface area contributed by atoms with Gasteiger partial charge in [0.25, 0.3) is 12.3 Å². The Hall–Kier alpha value is -1.57. The van der Waals surface area contributed by atoms with E-state index in [1.54, 1.807) is 13.8 Å². The fraction of sp³-hybridized carbons (Fsp3) is 0.545. The first-order valence-corrected chi connectivity index (χ1v) is 6.51. The molecule has 0 saturated carbocycles. The number of hydrogen-bond acceptors (Lipinski definition) is 5. The minimum Gasteiger partial charge on any atom is -0.486 e. The number of carbonyl (C=O) groups is 1. The van der Waals surface area contributed by atoms with Crippen molar-refractivity contribution in [1.82, 2.24) is 5.32 Å². The highest BCUT2D eigenvalue weighted by Crippen LogP contribution is 2.43. The zero-order valence-corrected chi connectivity index (χ0v) is 11.7. The number of rotatable bonds is 6. The van der Waals surface area contributed by atoms with Crippen molar-refractivity contribution in [2.75, 3.05) is 24.6 Å². The highest BCUT2D eigenvalue weighted by atomic mass is 32.1. The van der Waals surface area contributed by atoms with E-state index in [0.29, 0.717) is 5.00 Å². The van der Waals surface area contributed by atoms with E-state index in [2.05, 4.69) is 10.6 Å². The minimum absolute atomic E-state index is 0.162. The van der Waals surface area contributed by atoms with Crippen LogP contribution < -0.4 is 21.1 Å². The number of alkyl halides is 2. The lowest BCUT2D eigenvalue weighted by Crippen LogP contribution is -2.17. The molecule has 1 amide bonds. The predicted octanol–water partition coefficient (Wildman–Crippen LogP) is 2.15. The molecule has 0 radical (unpaired) electrons. The van der Waals surface area contributed by atoms with Crippen molar-refractivity contribution in [3.8, 4) is 5.75 Å². The van der Waals surface area contributed by atoms with Crippen molar-refractivity contribution in [2.45, 2.75) is 26.4 Å². The number of halogens is 2. The topological polar surface area (TPSA) is 76.4 Å². The summed E-state index contributed by atoms with van der Waals surface area (Å²) >= 11 is 0.996. The van der Waals surface area contributed by atoms with Crippen LogP contribution in [0.4, 0.5) is 19.5 Å². The average molecular weight is 293 g/mol. The Morgan fingerprint density at radius 3 is 2.58 bits per heavy atom. The van der Waals surface area contributed by atoms with Crippen molar-refractivity contribution >= 4 is 27.9 Å². The lowest BCUT2D eigenvalue weighted by molar-refractivity contribution is 0.0967. The number of nitrogens with two attached hydrogens (primary N) is 1. The summed E-state index contributed by atoms with van der Waals surface area (Å²) in [6.45, 7) is 3.04. The van der Waals surface area contributed by atoms with Crippen LogP contribution in [0.15, 0.2) is 0 Å². The quantitative estimate of drug-likeness (QED) is 0.751. The molecule has 0 saturated heterocycles. The van der Waals surface area contributed by atoms with Gasteiger partial charge in [-0.2, -0.15) is 0 Å². The summed E-state index contributed by atoms with van der Waals surface area (Å²) in [7, 11) is 1.47. The first kappa shape index (κ1) is 15.5. The molecule has 0 spiro atoms. The van der Waals surface area contributed by atoms with Crippen LogP contribution in [0.5, 0.6) is 5.75 Å². The van der Waals surface area contributed by atoms with Crippen molar-refractivity contribution < 1.29 is 18.3 Å². The molecule has 0 aliphatic heterocycles. The number of thiophene rings is 1. The summed E-state index contributed by atoms with van der Waals surface area (Å²) in [6, 6.07) is 0. The normalized spacial score (nSPS) is 10.9. The summed E-state index contributed by atoms with van der Waals surface area (Å²) < 4.78 is 30.0. The van der Waals surface area contributed by atoms with Crippen LogP contribution in [0.2, 0.25) is 0 Å². The molecule has 0 aliphatic rings. The van der Waals surface area contributed by atoms with Crippen molar-refractivity contribution in [3.63, 3.8) is 0 Å². The highest BCUT2D eigenvalue weighted by Gasteiger charge is 2.22. The zero-order valence-electron chi connectivity index (χ0n) is 10.9. The highest BCUT2D eigenvalue weighted by molar-refractivity contribution is 7.19. The minimum atomic E-state index is -2.50. The van der Waals surface area contributed by atoms with Gasteiger partial charge in [0.1, 0.15) is 15.6 Å². The Labute approximate surface area is 114 Å². The molecule has 4 N–H and O–H groups in total. The van der Waals surface area contributed by atoms with E-state index < -0.39 is 13.0 Å². The number of anilines is 2. The summed E-state index contributed by atoms with van der Waals surface area (Å²) in [5, 5.41) is 5.32. The lowest BCUT2D eigenvalue weighted by Gasteiger charge is -2.12. The van der Waals surface area contributed by atoms with E-state index in [-0.39, 0.29) is 28.3 Å². The van der Waals surface area contributed by atoms with E-state index >= 15 is 0 Å². The molecular weight excluding hydrogens is 276 g/mol. The Morgan fingerprint density at radius 2 is 2.11 bits per heavy atom. The van der Waals surface area contributed by atoms with E-state index in [1.165, 1.54) is 7.05 Å². The Kier molecular flexibility index (Phi) is 5.34. The van der Waals surface area contributed by atoms with Crippen molar-refractivity contribution in [3.05, 3.63) is 4.88 Å². The van der Waals surface area contributed by atoms with E-state index in [0.717, 1.165) is 11.3 Å². The first-order chi connectivity index (χ1) is 8.86. The molecule has 108 valence electrons. The standard InChI is InChI=1S/C11H17F2N3O2S/c1-5(2)18-8-7(14)9(10(17)15-3)19-11(8)16-4-6(12)13/h5-6,16H,4,14H2,1-3H3,(H,15,17). The molecule has 1 aromatic heterocycles. The molecule has 0 bridgehead atoms. The van der Waals surface area contributed by atoms with Crippen molar-refractivity contribution in [2.24, 2.45) is 0 Å². The summed E-state index contributed by atoms with van der Waals surface area (Å²) in [4.78, 5) is 11.9. The SMILES string of the molecule is CNC(=O)c1sc(NCC(F)F)c(OC(C)C)c1N. The molecule has 0 unspecified atom stereocenters. The molecule has 0 atom stereocenters. The van der Waals surface area contributed by atoms with Gasteiger partial charge in [-0.3, -0.25) is 4.79 Å². The maximum Gasteiger partial charge on any atom is 0.263 e. The van der Waals surface area contributed by atoms with Crippen molar-refractivity contribution in [1.29, 1.82) is 0 Å². The second-order valence-corrected chi connectivity index (χ2v) is 5.04. The number of amides is 1.